The number of hydrogen-bond donors (Lipinski definition) is 6. The topological polar surface area (TPSA) is 425 Å². The van der Waals surface area contributed by atoms with Gasteiger partial charge in [-0.2, -0.15) is 15.8 Å². The zero-order valence-electron chi connectivity index (χ0n) is 69.2. The summed E-state index contributed by atoms with van der Waals surface area (Å²) in [4.78, 5) is 65.0. The van der Waals surface area contributed by atoms with Gasteiger partial charge in [0.15, 0.2) is 6.29 Å². The van der Waals surface area contributed by atoms with Crippen LogP contribution in [0.2, 0.25) is 39.3 Å². The molecule has 0 unspecified atom stereocenters. The van der Waals surface area contributed by atoms with Crippen molar-refractivity contribution in [3.8, 4) is 39.1 Å². The smallest absolute Gasteiger partial charge is 1.00 e. The molecule has 0 spiro atoms. The molecule has 0 bridgehead atoms. The summed E-state index contributed by atoms with van der Waals surface area (Å²) in [7, 11) is -6.24. The van der Waals surface area contributed by atoms with Crippen LogP contribution in [0.4, 0.5) is 17.5 Å². The van der Waals surface area contributed by atoms with E-state index in [1.165, 1.54) is 87.4 Å². The number of fused-ring (bicyclic) bond motifs is 3. The molecule has 3 radical (unpaired) electrons. The first-order valence-electron chi connectivity index (χ1n) is 34.6. The van der Waals surface area contributed by atoms with Gasteiger partial charge in [0.1, 0.15) is 17.5 Å². The van der Waals surface area contributed by atoms with Crippen LogP contribution in [0.1, 0.15) is 132 Å². The number of anilines is 3. The number of carbonyl (C=O) groups is 4. The molecule has 10 aromatic rings. The Morgan fingerprint density at radius 3 is 1.29 bits per heavy atom. The van der Waals surface area contributed by atoms with Crippen LogP contribution >= 0.6 is 135 Å². The Morgan fingerprint density at radius 1 is 0.607 bits per heavy atom. The normalized spacial score (nSPS) is 13.9. The van der Waals surface area contributed by atoms with Gasteiger partial charge in [-0.3, -0.25) is 23.7 Å². The number of nitriles is 3. The van der Waals surface area contributed by atoms with E-state index >= 15 is 0 Å². The number of nitrogens with zero attached hydrogens (tertiary/aromatic N) is 8. The maximum atomic E-state index is 11.5. The number of nitrogens with two attached hydrogens (primary N) is 6. The van der Waals surface area contributed by atoms with Crippen molar-refractivity contribution in [2.24, 2.45) is 17.2 Å². The van der Waals surface area contributed by atoms with Gasteiger partial charge in [-0.15, -0.1) is 79.4 Å². The minimum atomic E-state index is -3.07. The Bertz CT molecular complexity index is 5240. The third-order valence-electron chi connectivity index (χ3n) is 16.1. The van der Waals surface area contributed by atoms with E-state index in [-0.39, 0.29) is 119 Å². The average molecular weight is 2000 g/mol. The molecule has 609 valence electrons. The molecule has 3 amide bonds. The van der Waals surface area contributed by atoms with Gasteiger partial charge < -0.3 is 73.0 Å². The molecule has 2 aliphatic heterocycles. The Labute approximate surface area is 808 Å². The summed E-state index contributed by atoms with van der Waals surface area (Å²) >= 11 is 20.4. The van der Waals surface area contributed by atoms with Crippen LogP contribution in [0.3, 0.4) is 0 Å². The van der Waals surface area contributed by atoms with Crippen molar-refractivity contribution >= 4 is 258 Å². The first kappa shape index (κ1) is 109. The van der Waals surface area contributed by atoms with Crippen molar-refractivity contribution in [2.45, 2.75) is 144 Å². The van der Waals surface area contributed by atoms with Crippen molar-refractivity contribution in [3.05, 3.63) is 160 Å². The number of primary amides is 3. The summed E-state index contributed by atoms with van der Waals surface area (Å²) in [6.45, 7) is 40.6. The summed E-state index contributed by atoms with van der Waals surface area (Å²) in [5.74, 6) is -0.339. The minimum absolute atomic E-state index is 0. The molecule has 25 nitrogen and oxygen atoms in total. The number of nitrogen functional groups attached to an aromatic ring is 3. The monoisotopic (exact) mass is 1990 g/mol. The van der Waals surface area contributed by atoms with Crippen LogP contribution in [0.5, 0.6) is 0 Å². The second kappa shape index (κ2) is 49.3. The summed E-state index contributed by atoms with van der Waals surface area (Å²) in [5, 5.41) is 35.6. The van der Waals surface area contributed by atoms with Gasteiger partial charge in [0.05, 0.1) is 93.3 Å². The second-order valence-electron chi connectivity index (χ2n) is 28.3. The first-order valence-corrected chi connectivity index (χ1v) is 51.5. The Morgan fingerprint density at radius 2 is 0.966 bits per heavy atom. The fourth-order valence-electron chi connectivity index (χ4n) is 9.95. The van der Waals surface area contributed by atoms with E-state index in [1.807, 2.05) is 119 Å². The number of thiophene rings is 7. The molecule has 0 atom stereocenters. The van der Waals surface area contributed by atoms with E-state index in [0.29, 0.717) is 53.8 Å². The number of aryl methyl sites for hydroxylation is 1. The molecule has 12 heterocycles. The van der Waals surface area contributed by atoms with Crippen molar-refractivity contribution in [1.29, 1.82) is 15.8 Å². The number of amides is 3. The average Bonchev–Trinajstić information content (AvgIpc) is 1.59. The van der Waals surface area contributed by atoms with Crippen LogP contribution in [0, 0.1) is 40.6 Å². The fourth-order valence-corrected chi connectivity index (χ4v) is 27.6. The van der Waals surface area contributed by atoms with Crippen molar-refractivity contribution in [1.82, 2.24) is 15.0 Å². The summed E-state index contributed by atoms with van der Waals surface area (Å²) in [6, 6.07) is 19.5. The van der Waals surface area contributed by atoms with Crippen molar-refractivity contribution in [2.75, 3.05) is 36.7 Å². The molecule has 12 N–H and O–H groups in total. The van der Waals surface area contributed by atoms with E-state index in [0.717, 1.165) is 96.1 Å². The molecule has 12 rings (SSSR count). The van der Waals surface area contributed by atoms with Gasteiger partial charge >= 0.3 is 109 Å². The maximum absolute atomic E-state index is 11.5. The zero-order chi connectivity index (χ0) is 85.5. The summed E-state index contributed by atoms with van der Waals surface area (Å²) < 4.78 is 54.9. The van der Waals surface area contributed by atoms with Gasteiger partial charge in [-0.05, 0) is 189 Å². The molecule has 0 aliphatic carbocycles. The first-order chi connectivity index (χ1) is 53.2. The van der Waals surface area contributed by atoms with E-state index in [4.69, 9.17) is 89.1 Å². The predicted octanol–water partition coefficient (Wildman–Crippen LogP) is 14.7. The second-order valence-corrected chi connectivity index (χ2v) is 50.1. The Balaban J connectivity index is 0.000000688. The Hall–Kier alpha value is -4.30. The molecular formula is C74H90B3Br3KN14NaO11PS7Si2. The van der Waals surface area contributed by atoms with Gasteiger partial charge in [-0.25, -0.2) is 21.5 Å². The van der Waals surface area contributed by atoms with Crippen molar-refractivity contribution < 1.29 is 134 Å². The molecule has 0 aromatic carbocycles. The summed E-state index contributed by atoms with van der Waals surface area (Å²) in [6.07, 6.45) is 12.6. The molecule has 43 heteroatoms. The van der Waals surface area contributed by atoms with Crippen LogP contribution in [-0.2, 0) is 38.7 Å². The predicted molar refractivity (Wildman–Crippen MR) is 496 cm³/mol. The number of halogens is 3. The van der Waals surface area contributed by atoms with Crippen LogP contribution in [0.25, 0.3) is 72.8 Å². The van der Waals surface area contributed by atoms with E-state index < -0.39 is 55.8 Å². The number of carbonyl (C=O) groups excluding carboxylic acids is 4. The van der Waals surface area contributed by atoms with Gasteiger partial charge in [0.2, 0.25) is 0 Å². The van der Waals surface area contributed by atoms with E-state index in [9.17, 15) is 23.7 Å². The third-order valence-corrected chi connectivity index (χ3v) is 32.6. The molecule has 2 saturated heterocycles. The number of rotatable bonds is 18. The molecule has 2 fully saturated rings. The minimum Gasteiger partial charge on any atom is -1.00 e. The molecule has 117 heavy (non-hydrogen) atoms. The van der Waals surface area contributed by atoms with Gasteiger partial charge in [0.25, 0.3) is 17.7 Å². The fraction of sp³-hybridized carbons (Fsp3) is 0.338. The molecular weight excluding hydrogens is 1910 g/mol. The number of aromatic nitrogens is 3. The summed E-state index contributed by atoms with van der Waals surface area (Å²) in [5.41, 5.74) is 35.2. The maximum Gasteiger partial charge on any atom is 1.00 e. The van der Waals surface area contributed by atoms with Crippen molar-refractivity contribution in [3.63, 3.8) is 0 Å². The quantitative estimate of drug-likeness (QED) is 0.0153. The SMILES string of the molecule is CC1(C)OB(B2OC(C)(C)C(C)(C)O2)OC1(C)C.C[Si](C)(C)[N-][Si](C)(C)C.N#C/C=C/c1cc(-c2cc3c(N)ncc(C(N)=O)c3s2)cs1.N#C/C=C/c1cc(Br)cs1.N#CCCc1cc(-c2cc3c(N)ncc(C(N)=O)c3s2)cs1.NC(=O)c1cnc(N)c2cc(Br)sc12.O=Cc1cc(Br)cs1.[B].[C-]#[N+]CP(=O)(OCC)OCC.[H-].[K+].[Na+]. The third kappa shape index (κ3) is 33.4. The molecule has 0 saturated carbocycles. The zero-order valence-corrected chi connectivity index (χ0v) is 86.7. The molecule has 10 aromatic heterocycles. The van der Waals surface area contributed by atoms with Gasteiger partial charge in [0, 0.05) is 117 Å². The van der Waals surface area contributed by atoms with Crippen LogP contribution in [0.15, 0.2) is 107 Å². The number of hydrogen-bond acceptors (Lipinski definition) is 27. The van der Waals surface area contributed by atoms with E-state index in [1.54, 1.807) is 54.7 Å². The number of allylic oxidation sites excluding steroid dienone is 2. The Kier molecular flexibility index (Phi) is 45.8. The van der Waals surface area contributed by atoms with Gasteiger partial charge in [-0.1, -0.05) is 55.8 Å². The van der Waals surface area contributed by atoms with Crippen LogP contribution in [-0.4, -0.2) is 120 Å². The van der Waals surface area contributed by atoms with E-state index in [2.05, 4.69) is 119 Å². The molecule has 2 aliphatic rings. The largest absolute Gasteiger partial charge is 1.00 e. The van der Waals surface area contributed by atoms with Crippen LogP contribution < -0.4 is 115 Å². The number of aldehydes is 1. The number of pyridine rings is 3. The standard InChI is InChI=1S/C15H12N4OS2.C15H10N4OS2.C12H24B2O4.C8H6BrN3OS.C7H4BrNS.C6H12NO3P.C6H18NSi2.C5H3BrOS.B.K.Na.H/c2*16-3-1-2-9-4-8(7-21-9)12-5-10-13(22-12)11(15(18)20)6-19-14(10)17;1-9(2)10(3,4)16-13(15-9)14-17-11(5,6)12(7,8)18-14;9-5-1-3-6(14-5)4(8(11)13)2-12-7(3)10;8-6-4-7(10-5-6)2-1-3-9;1-4-9-11(8,6-7-3)10-5-2;1-8(2,3)7-9(4,5)6;6-4-1-5(2-7)8-3-4;;;;/h4-7H,1-2H2,(H2,17,19)(H2,18,20);1-2,4-7H,(H2,17,19)(H2,18,20);1-8H3;1-2H,(H2,10,12)(H2,11,13);1-2,4-5H;4-6H2,1-2H3;1-6H3;1-3H;;;;/q;;;;;;-1;;;2*+1;-1/b;2-1+;;;2-1+;;;;;;;.